The van der Waals surface area contributed by atoms with Crippen molar-refractivity contribution in [3.63, 3.8) is 0 Å². The van der Waals surface area contributed by atoms with Crippen molar-refractivity contribution in [1.82, 2.24) is 5.32 Å². The number of esters is 1. The maximum Gasteiger partial charge on any atom is 0.328 e. The lowest BCUT2D eigenvalue weighted by Crippen LogP contribution is -2.43. The molecule has 0 heterocycles. The first-order valence-corrected chi connectivity index (χ1v) is 12.3. The van der Waals surface area contributed by atoms with Gasteiger partial charge in [0.15, 0.2) is 0 Å². The van der Waals surface area contributed by atoms with Crippen LogP contribution in [0.25, 0.3) is 0 Å². The van der Waals surface area contributed by atoms with E-state index >= 15 is 0 Å². The molecule has 0 aromatic heterocycles. The molecule has 2 N–H and O–H groups in total. The van der Waals surface area contributed by atoms with Crippen molar-refractivity contribution in [3.05, 3.63) is 98.5 Å². The van der Waals surface area contributed by atoms with Crippen molar-refractivity contribution in [1.29, 1.82) is 0 Å². The first kappa shape index (κ1) is 27.2. The summed E-state index contributed by atoms with van der Waals surface area (Å²) >= 11 is 12.2. The molecule has 0 saturated heterocycles. The predicted molar refractivity (Wildman–Crippen MR) is 143 cm³/mol. The minimum Gasteiger partial charge on any atom is -0.467 e. The molecule has 8 heteroatoms. The van der Waals surface area contributed by atoms with E-state index in [1.807, 2.05) is 25.1 Å². The lowest BCUT2D eigenvalue weighted by atomic mass is 9.97. The lowest BCUT2D eigenvalue weighted by molar-refractivity contribution is -0.142. The number of carbonyl (C=O) groups excluding carboxylic acids is 3. The fraction of sp³-hybridized carbons (Fsp3) is 0.250. The number of carbonyl (C=O) groups is 3. The van der Waals surface area contributed by atoms with Crippen molar-refractivity contribution in [2.75, 3.05) is 12.4 Å². The highest BCUT2D eigenvalue weighted by molar-refractivity contribution is 6.40. The number of rotatable bonds is 9. The van der Waals surface area contributed by atoms with Gasteiger partial charge in [-0.1, -0.05) is 72.9 Å². The van der Waals surface area contributed by atoms with E-state index in [-0.39, 0.29) is 27.9 Å². The van der Waals surface area contributed by atoms with Crippen LogP contribution in [0.3, 0.4) is 0 Å². The highest BCUT2D eigenvalue weighted by Crippen LogP contribution is 2.25. The maximum atomic E-state index is 13.2. The summed E-state index contributed by atoms with van der Waals surface area (Å²) in [6.45, 7) is 3.93. The average molecular weight is 527 g/mol. The molecule has 2 amide bonds. The summed E-state index contributed by atoms with van der Waals surface area (Å²) in [5.74, 6) is -1.29. The molecule has 0 fully saturated rings. The number of benzene rings is 3. The van der Waals surface area contributed by atoms with E-state index in [9.17, 15) is 14.4 Å². The quantitative estimate of drug-likeness (QED) is 0.334. The summed E-state index contributed by atoms with van der Waals surface area (Å²) in [5.41, 5.74) is 3.88. The van der Waals surface area contributed by atoms with Crippen LogP contribution in [0.15, 0.2) is 60.7 Å². The number of hydrogen-bond donors (Lipinski definition) is 2. The molecule has 0 spiro atoms. The Labute approximate surface area is 220 Å². The minimum absolute atomic E-state index is 0.192. The molecule has 0 radical (unpaired) electrons. The van der Waals surface area contributed by atoms with Crippen LogP contribution in [-0.4, -0.2) is 30.9 Å². The molecule has 188 valence electrons. The SMILES string of the molecule is CCCc1cccc(C)c1C(=O)NC(Cc1ccc(NC(=O)c2c(Cl)cccc2Cl)cc1)C(=O)OC. The molecule has 36 heavy (non-hydrogen) atoms. The van der Waals surface area contributed by atoms with Crippen molar-refractivity contribution in [2.45, 2.75) is 39.2 Å². The first-order valence-electron chi connectivity index (χ1n) is 11.6. The Morgan fingerprint density at radius 3 is 2.14 bits per heavy atom. The van der Waals surface area contributed by atoms with Crippen molar-refractivity contribution >= 4 is 46.7 Å². The van der Waals surface area contributed by atoms with Crippen LogP contribution in [0.1, 0.15) is 50.8 Å². The van der Waals surface area contributed by atoms with Gasteiger partial charge >= 0.3 is 5.97 Å². The predicted octanol–water partition coefficient (Wildman–Crippen LogP) is 6.02. The molecule has 0 aliphatic carbocycles. The maximum absolute atomic E-state index is 13.2. The number of hydrogen-bond acceptors (Lipinski definition) is 4. The normalized spacial score (nSPS) is 11.5. The summed E-state index contributed by atoms with van der Waals surface area (Å²) in [7, 11) is 1.29. The first-order chi connectivity index (χ1) is 17.2. The smallest absolute Gasteiger partial charge is 0.328 e. The van der Waals surface area contributed by atoms with Gasteiger partial charge in [0, 0.05) is 17.7 Å². The number of amides is 2. The molecule has 0 saturated carbocycles. The lowest BCUT2D eigenvalue weighted by Gasteiger charge is -2.19. The number of aryl methyl sites for hydroxylation is 2. The Kier molecular flexibility index (Phi) is 9.51. The number of anilines is 1. The average Bonchev–Trinajstić information content (AvgIpc) is 2.84. The Morgan fingerprint density at radius 2 is 1.53 bits per heavy atom. The van der Waals surface area contributed by atoms with Crippen molar-refractivity contribution in [3.8, 4) is 0 Å². The number of ether oxygens (including phenoxy) is 1. The van der Waals surface area contributed by atoms with E-state index in [1.165, 1.54) is 7.11 Å². The van der Waals surface area contributed by atoms with Crippen molar-refractivity contribution in [2.24, 2.45) is 0 Å². The van der Waals surface area contributed by atoms with Gasteiger partial charge in [-0.3, -0.25) is 9.59 Å². The standard InChI is InChI=1S/C28H28Cl2N2O4/c1-4-7-19-9-5-8-17(2)24(19)26(33)32-23(28(35)36-3)16-18-12-14-20(15-13-18)31-27(34)25-21(29)10-6-11-22(25)30/h5-6,8-15,23H,4,7,16H2,1-3H3,(H,31,34)(H,32,33). The van der Waals surface area contributed by atoms with Crippen LogP contribution < -0.4 is 10.6 Å². The number of nitrogens with one attached hydrogen (secondary N) is 2. The van der Waals surface area contributed by atoms with E-state index in [2.05, 4.69) is 17.6 Å². The zero-order chi connectivity index (χ0) is 26.2. The van der Waals surface area contributed by atoms with Crippen LogP contribution in [-0.2, 0) is 22.4 Å². The van der Waals surface area contributed by atoms with Crippen LogP contribution in [0.5, 0.6) is 0 Å². The Bertz CT molecular complexity index is 1240. The van der Waals surface area contributed by atoms with E-state index < -0.39 is 17.9 Å². The highest BCUT2D eigenvalue weighted by Gasteiger charge is 2.24. The fourth-order valence-electron chi connectivity index (χ4n) is 3.97. The second-order valence-corrected chi connectivity index (χ2v) is 9.17. The van der Waals surface area contributed by atoms with E-state index in [1.54, 1.807) is 42.5 Å². The van der Waals surface area contributed by atoms with Gasteiger partial charge in [0.25, 0.3) is 11.8 Å². The summed E-state index contributed by atoms with van der Waals surface area (Å²) in [4.78, 5) is 38.3. The molecule has 0 aliphatic heterocycles. The molecular weight excluding hydrogens is 499 g/mol. The summed E-state index contributed by atoms with van der Waals surface area (Å²) in [6.07, 6.45) is 1.88. The zero-order valence-electron chi connectivity index (χ0n) is 20.4. The third kappa shape index (κ3) is 6.65. The second-order valence-electron chi connectivity index (χ2n) is 8.36. The molecular formula is C28H28Cl2N2O4. The Morgan fingerprint density at radius 1 is 0.889 bits per heavy atom. The van der Waals surface area contributed by atoms with Gasteiger partial charge in [0.05, 0.1) is 22.7 Å². The van der Waals surface area contributed by atoms with Gasteiger partial charge < -0.3 is 15.4 Å². The van der Waals surface area contributed by atoms with Gasteiger partial charge in [-0.25, -0.2) is 4.79 Å². The Balaban J connectivity index is 1.74. The van der Waals surface area contributed by atoms with E-state index in [0.29, 0.717) is 11.3 Å². The Hall–Kier alpha value is -3.35. The molecule has 1 atom stereocenters. The van der Waals surface area contributed by atoms with Gasteiger partial charge in [-0.15, -0.1) is 0 Å². The minimum atomic E-state index is -0.876. The second kappa shape index (κ2) is 12.6. The zero-order valence-corrected chi connectivity index (χ0v) is 21.9. The van der Waals surface area contributed by atoms with Crippen LogP contribution in [0.2, 0.25) is 10.0 Å². The van der Waals surface area contributed by atoms with Gasteiger partial charge in [-0.2, -0.15) is 0 Å². The summed E-state index contributed by atoms with van der Waals surface area (Å²) in [5, 5.41) is 6.11. The third-order valence-corrected chi connectivity index (χ3v) is 6.37. The molecule has 6 nitrogen and oxygen atoms in total. The summed E-state index contributed by atoms with van der Waals surface area (Å²) in [6, 6.07) is 16.6. The molecule has 3 aromatic carbocycles. The third-order valence-electron chi connectivity index (χ3n) is 5.74. The number of methoxy groups -OCH3 is 1. The largest absolute Gasteiger partial charge is 0.467 e. The van der Waals surface area contributed by atoms with Crippen LogP contribution in [0.4, 0.5) is 5.69 Å². The number of halogens is 2. The molecule has 0 aliphatic rings. The molecule has 3 aromatic rings. The van der Waals surface area contributed by atoms with Gasteiger partial charge in [0.2, 0.25) is 0 Å². The highest BCUT2D eigenvalue weighted by atomic mass is 35.5. The van der Waals surface area contributed by atoms with Gasteiger partial charge in [0.1, 0.15) is 6.04 Å². The summed E-state index contributed by atoms with van der Waals surface area (Å²) < 4.78 is 4.94. The van der Waals surface area contributed by atoms with Crippen LogP contribution >= 0.6 is 23.2 Å². The fourth-order valence-corrected chi connectivity index (χ4v) is 4.53. The molecule has 0 bridgehead atoms. The molecule has 3 rings (SSSR count). The van der Waals surface area contributed by atoms with E-state index in [4.69, 9.17) is 27.9 Å². The van der Waals surface area contributed by atoms with Gasteiger partial charge in [-0.05, 0) is 54.3 Å². The van der Waals surface area contributed by atoms with E-state index in [0.717, 1.165) is 29.5 Å². The van der Waals surface area contributed by atoms with Crippen LogP contribution in [0, 0.1) is 6.92 Å². The van der Waals surface area contributed by atoms with Crippen molar-refractivity contribution < 1.29 is 19.1 Å². The molecule has 1 unspecified atom stereocenters. The monoisotopic (exact) mass is 526 g/mol. The topological polar surface area (TPSA) is 84.5 Å².